The highest BCUT2D eigenvalue weighted by Gasteiger charge is 2.31. The lowest BCUT2D eigenvalue weighted by Gasteiger charge is -2.35. The van der Waals surface area contributed by atoms with Crippen LogP contribution in [0.3, 0.4) is 0 Å². The van der Waals surface area contributed by atoms with E-state index in [2.05, 4.69) is 21.7 Å². The van der Waals surface area contributed by atoms with Gasteiger partial charge in [-0.3, -0.25) is 4.90 Å². The number of fused-ring (bicyclic) bond motifs is 1. The largest absolute Gasteiger partial charge is 0.443 e. The van der Waals surface area contributed by atoms with Gasteiger partial charge in [0, 0.05) is 37.5 Å². The highest BCUT2D eigenvalue weighted by atomic mass is 32.2. The van der Waals surface area contributed by atoms with E-state index in [4.69, 9.17) is 14.5 Å². The number of thioether (sulfide) groups is 1. The fourth-order valence-corrected chi connectivity index (χ4v) is 4.44. The van der Waals surface area contributed by atoms with Crippen LogP contribution in [-0.4, -0.2) is 53.7 Å². The molecule has 0 bridgehead atoms. The molecule has 4 rings (SSSR count). The summed E-state index contributed by atoms with van der Waals surface area (Å²) in [5.74, 6) is 0.858. The Labute approximate surface area is 199 Å². The van der Waals surface area contributed by atoms with Gasteiger partial charge in [-0.2, -0.15) is 0 Å². The summed E-state index contributed by atoms with van der Waals surface area (Å²) in [7, 11) is 0. The van der Waals surface area contributed by atoms with Gasteiger partial charge in [0.05, 0.1) is 18.3 Å². The molecule has 0 saturated carbocycles. The zero-order valence-corrected chi connectivity index (χ0v) is 20.6. The van der Waals surface area contributed by atoms with Gasteiger partial charge in [-0.1, -0.05) is 30.0 Å². The zero-order chi connectivity index (χ0) is 23.4. The van der Waals surface area contributed by atoms with Crippen LogP contribution in [0.25, 0.3) is 0 Å². The van der Waals surface area contributed by atoms with Gasteiger partial charge in [-0.25, -0.2) is 14.8 Å². The quantitative estimate of drug-likeness (QED) is 0.474. The Morgan fingerprint density at radius 1 is 1.30 bits per heavy atom. The SMILES string of the molecule is CSc1ncc(CN[C@H]2CCN(C(=O)OC(C)(C)C)c3ccccc32)c(N[C@H]2CCOC2)n1. The Morgan fingerprint density at radius 3 is 2.85 bits per heavy atom. The second kappa shape index (κ2) is 10.3. The van der Waals surface area contributed by atoms with Crippen molar-refractivity contribution in [2.75, 3.05) is 36.2 Å². The maximum Gasteiger partial charge on any atom is 0.414 e. The normalized spacial score (nSPS) is 20.4. The monoisotopic (exact) mass is 471 g/mol. The lowest BCUT2D eigenvalue weighted by Crippen LogP contribution is -2.42. The molecule has 1 aromatic heterocycles. The predicted octanol–water partition coefficient (Wildman–Crippen LogP) is 4.38. The predicted molar refractivity (Wildman–Crippen MR) is 131 cm³/mol. The minimum absolute atomic E-state index is 0.114. The van der Waals surface area contributed by atoms with Gasteiger partial charge < -0.3 is 20.1 Å². The first-order valence-corrected chi connectivity index (χ1v) is 12.6. The first kappa shape index (κ1) is 23.8. The molecule has 2 aliphatic heterocycles. The number of amides is 1. The van der Waals surface area contributed by atoms with Gasteiger partial charge in [-0.15, -0.1) is 0 Å². The first-order valence-electron chi connectivity index (χ1n) is 11.4. The van der Waals surface area contributed by atoms with Crippen LogP contribution in [0.4, 0.5) is 16.3 Å². The molecule has 0 spiro atoms. The first-order chi connectivity index (χ1) is 15.8. The Balaban J connectivity index is 1.49. The van der Waals surface area contributed by atoms with Crippen LogP contribution in [-0.2, 0) is 16.0 Å². The van der Waals surface area contributed by atoms with Crippen molar-refractivity contribution in [2.45, 2.75) is 63.0 Å². The molecule has 0 unspecified atom stereocenters. The smallest absolute Gasteiger partial charge is 0.414 e. The number of carbonyl (C=O) groups excluding carboxylic acids is 1. The van der Waals surface area contributed by atoms with Crippen LogP contribution < -0.4 is 15.5 Å². The van der Waals surface area contributed by atoms with Crippen molar-refractivity contribution in [3.05, 3.63) is 41.6 Å². The zero-order valence-electron chi connectivity index (χ0n) is 19.8. The molecule has 8 nitrogen and oxygen atoms in total. The number of aromatic nitrogens is 2. The topological polar surface area (TPSA) is 88.6 Å². The number of carbonyl (C=O) groups is 1. The maximum atomic E-state index is 12.8. The fourth-order valence-electron chi connectivity index (χ4n) is 4.10. The van der Waals surface area contributed by atoms with E-state index in [-0.39, 0.29) is 18.2 Å². The second-order valence-corrected chi connectivity index (χ2v) is 10.1. The molecule has 1 fully saturated rings. The minimum atomic E-state index is -0.530. The molecule has 1 aromatic carbocycles. The summed E-state index contributed by atoms with van der Waals surface area (Å²) in [6, 6.07) is 8.41. The molecule has 9 heteroatoms. The number of nitrogens with zero attached hydrogens (tertiary/aromatic N) is 3. The van der Waals surface area contributed by atoms with E-state index >= 15 is 0 Å². The molecule has 3 heterocycles. The van der Waals surface area contributed by atoms with Crippen molar-refractivity contribution in [3.8, 4) is 0 Å². The van der Waals surface area contributed by atoms with E-state index in [0.29, 0.717) is 19.7 Å². The molecule has 2 aromatic rings. The third-order valence-electron chi connectivity index (χ3n) is 5.69. The van der Waals surface area contributed by atoms with Crippen LogP contribution in [0.2, 0.25) is 0 Å². The van der Waals surface area contributed by atoms with Crippen LogP contribution in [0.1, 0.15) is 50.8 Å². The minimum Gasteiger partial charge on any atom is -0.443 e. The number of rotatable bonds is 6. The van der Waals surface area contributed by atoms with Gasteiger partial charge in [0.1, 0.15) is 11.4 Å². The second-order valence-electron chi connectivity index (χ2n) is 9.35. The van der Waals surface area contributed by atoms with Crippen molar-refractivity contribution in [2.24, 2.45) is 0 Å². The average Bonchev–Trinajstić information content (AvgIpc) is 3.30. The highest BCUT2D eigenvalue weighted by Crippen LogP contribution is 2.35. The molecule has 0 aliphatic carbocycles. The lowest BCUT2D eigenvalue weighted by atomic mass is 9.96. The van der Waals surface area contributed by atoms with Crippen molar-refractivity contribution in [1.82, 2.24) is 15.3 Å². The maximum absolute atomic E-state index is 12.8. The van der Waals surface area contributed by atoms with Crippen molar-refractivity contribution in [1.29, 1.82) is 0 Å². The van der Waals surface area contributed by atoms with Crippen molar-refractivity contribution < 1.29 is 14.3 Å². The number of ether oxygens (including phenoxy) is 2. The summed E-state index contributed by atoms with van der Waals surface area (Å²) in [5, 5.41) is 7.95. The molecule has 2 atom stereocenters. The lowest BCUT2D eigenvalue weighted by molar-refractivity contribution is 0.0576. The fraction of sp³-hybridized carbons (Fsp3) is 0.542. The Bertz CT molecular complexity index is 975. The van der Waals surface area contributed by atoms with E-state index < -0.39 is 5.60 Å². The van der Waals surface area contributed by atoms with E-state index in [1.54, 1.807) is 4.90 Å². The number of hydrogen-bond donors (Lipinski definition) is 2. The van der Waals surface area contributed by atoms with Crippen LogP contribution >= 0.6 is 11.8 Å². The third-order valence-corrected chi connectivity index (χ3v) is 6.25. The Kier molecular flexibility index (Phi) is 7.41. The van der Waals surface area contributed by atoms with E-state index in [1.165, 1.54) is 11.8 Å². The molecule has 1 amide bonds. The third kappa shape index (κ3) is 5.96. The van der Waals surface area contributed by atoms with Gasteiger partial charge in [-0.05, 0) is 51.5 Å². The summed E-state index contributed by atoms with van der Waals surface area (Å²) < 4.78 is 11.1. The molecule has 2 N–H and O–H groups in total. The molecule has 2 aliphatic rings. The number of nitrogens with one attached hydrogen (secondary N) is 2. The van der Waals surface area contributed by atoms with E-state index in [0.717, 1.165) is 47.2 Å². The van der Waals surface area contributed by atoms with E-state index in [1.807, 2.05) is 51.4 Å². The van der Waals surface area contributed by atoms with Crippen LogP contribution in [0, 0.1) is 0 Å². The molecule has 0 radical (unpaired) electrons. The van der Waals surface area contributed by atoms with Gasteiger partial charge >= 0.3 is 6.09 Å². The molecular formula is C24H33N5O3S. The Morgan fingerprint density at radius 2 is 2.12 bits per heavy atom. The van der Waals surface area contributed by atoms with Crippen molar-refractivity contribution in [3.63, 3.8) is 0 Å². The summed E-state index contributed by atoms with van der Waals surface area (Å²) in [5.41, 5.74) is 2.48. The van der Waals surface area contributed by atoms with Gasteiger partial charge in [0.2, 0.25) is 0 Å². The number of para-hydroxylation sites is 1. The molecule has 33 heavy (non-hydrogen) atoms. The number of benzene rings is 1. The van der Waals surface area contributed by atoms with Gasteiger partial charge in [0.15, 0.2) is 5.16 Å². The summed E-state index contributed by atoms with van der Waals surface area (Å²) in [6.45, 7) is 8.35. The summed E-state index contributed by atoms with van der Waals surface area (Å²) in [6.07, 6.45) is 5.33. The highest BCUT2D eigenvalue weighted by molar-refractivity contribution is 7.98. The number of hydrogen-bond acceptors (Lipinski definition) is 8. The van der Waals surface area contributed by atoms with Crippen molar-refractivity contribution >= 4 is 29.4 Å². The average molecular weight is 472 g/mol. The number of anilines is 2. The molecule has 178 valence electrons. The van der Waals surface area contributed by atoms with Crippen LogP contribution in [0.15, 0.2) is 35.6 Å². The van der Waals surface area contributed by atoms with Gasteiger partial charge in [0.25, 0.3) is 0 Å². The molecule has 1 saturated heterocycles. The standard InChI is InChI=1S/C24H33N5O3S/c1-24(2,3)32-23(30)29-11-9-19(18-7-5-6-8-20(18)29)25-13-16-14-26-22(33-4)28-21(16)27-17-10-12-31-15-17/h5-8,14,17,19,25H,9-13,15H2,1-4H3,(H,26,27,28)/t17-,19-/m0/s1. The summed E-state index contributed by atoms with van der Waals surface area (Å²) >= 11 is 1.53. The summed E-state index contributed by atoms with van der Waals surface area (Å²) in [4.78, 5) is 23.7. The van der Waals surface area contributed by atoms with Crippen LogP contribution in [0.5, 0.6) is 0 Å². The van der Waals surface area contributed by atoms with E-state index in [9.17, 15) is 4.79 Å². The Hall–Kier alpha value is -2.36. The molecular weight excluding hydrogens is 438 g/mol.